The van der Waals surface area contributed by atoms with Crippen LogP contribution >= 0.6 is 0 Å². The smallest absolute Gasteiger partial charge is 0.302 e. The molecule has 0 aliphatic carbocycles. The Bertz CT molecular complexity index is 120. The molecule has 1 rings (SSSR count). The molecule has 58 valence electrons. The Morgan fingerprint density at radius 2 is 2.40 bits per heavy atom. The fourth-order valence-corrected chi connectivity index (χ4v) is 2.97. The first kappa shape index (κ1) is 7.75. The molecule has 0 amide bonds. The molecule has 0 aromatic carbocycles. The van der Waals surface area contributed by atoms with Gasteiger partial charge in [-0.3, -0.25) is 4.79 Å². The van der Waals surface area contributed by atoms with Gasteiger partial charge in [0.15, 0.2) is 0 Å². The zero-order valence-corrected chi connectivity index (χ0v) is 7.29. The van der Waals surface area contributed by atoms with E-state index >= 15 is 0 Å². The van der Waals surface area contributed by atoms with Crippen molar-refractivity contribution >= 4 is 14.6 Å². The SMILES string of the molecule is COC(=O)[SiH]1CCCCO1. The summed E-state index contributed by atoms with van der Waals surface area (Å²) >= 11 is 0. The molecule has 1 aliphatic heterocycles. The fraction of sp³-hybridized carbons (Fsp3) is 0.833. The molecule has 0 aromatic heterocycles. The molecular weight excluding hydrogens is 148 g/mol. The molecule has 0 N–H and O–H groups in total. The summed E-state index contributed by atoms with van der Waals surface area (Å²) in [7, 11) is -0.157. The van der Waals surface area contributed by atoms with Gasteiger partial charge in [0.1, 0.15) is 0 Å². The zero-order valence-electron chi connectivity index (χ0n) is 6.13. The normalized spacial score (nSPS) is 25.9. The number of hydrogen-bond acceptors (Lipinski definition) is 3. The summed E-state index contributed by atoms with van der Waals surface area (Å²) < 4.78 is 9.88. The summed E-state index contributed by atoms with van der Waals surface area (Å²) in [4.78, 5) is 10.9. The molecule has 1 atom stereocenters. The minimum atomic E-state index is -1.58. The van der Waals surface area contributed by atoms with Gasteiger partial charge in [0.25, 0.3) is 5.59 Å². The largest absolute Gasteiger partial charge is 0.472 e. The van der Waals surface area contributed by atoms with Crippen LogP contribution in [0.15, 0.2) is 0 Å². The summed E-state index contributed by atoms with van der Waals surface area (Å²) in [5.41, 5.74) is -0.0975. The Morgan fingerprint density at radius 1 is 1.60 bits per heavy atom. The van der Waals surface area contributed by atoms with Crippen LogP contribution in [-0.4, -0.2) is 28.3 Å². The van der Waals surface area contributed by atoms with Crippen molar-refractivity contribution in [2.45, 2.75) is 18.9 Å². The van der Waals surface area contributed by atoms with Gasteiger partial charge in [0.2, 0.25) is 0 Å². The highest BCUT2D eigenvalue weighted by Gasteiger charge is 2.25. The minimum absolute atomic E-state index is 0.0975. The molecule has 1 aliphatic rings. The number of ether oxygens (including phenoxy) is 1. The van der Waals surface area contributed by atoms with E-state index in [0.717, 1.165) is 25.5 Å². The summed E-state index contributed by atoms with van der Waals surface area (Å²) in [5, 5.41) is 0. The van der Waals surface area contributed by atoms with Crippen LogP contribution in [0.3, 0.4) is 0 Å². The Morgan fingerprint density at radius 3 is 2.90 bits per heavy atom. The van der Waals surface area contributed by atoms with Gasteiger partial charge < -0.3 is 9.16 Å². The lowest BCUT2D eigenvalue weighted by atomic mass is 10.4. The van der Waals surface area contributed by atoms with Gasteiger partial charge in [0, 0.05) is 6.61 Å². The predicted molar refractivity (Wildman–Crippen MR) is 39.5 cm³/mol. The molecule has 4 heteroatoms. The van der Waals surface area contributed by atoms with Crippen LogP contribution in [0.1, 0.15) is 12.8 Å². The number of rotatable bonds is 1. The third kappa shape index (κ3) is 1.81. The third-order valence-corrected chi connectivity index (χ3v) is 3.98. The maximum Gasteiger partial charge on any atom is 0.302 e. The maximum atomic E-state index is 10.9. The molecular formula is C6H12O3Si. The van der Waals surface area contributed by atoms with E-state index in [1.807, 2.05) is 0 Å². The molecule has 1 unspecified atom stereocenters. The molecule has 0 aromatic rings. The highest BCUT2D eigenvalue weighted by atomic mass is 28.3. The van der Waals surface area contributed by atoms with Crippen molar-refractivity contribution in [3.63, 3.8) is 0 Å². The zero-order chi connectivity index (χ0) is 7.40. The molecule has 0 radical (unpaired) electrons. The molecule has 10 heavy (non-hydrogen) atoms. The van der Waals surface area contributed by atoms with Crippen LogP contribution in [0, 0.1) is 0 Å². The summed E-state index contributed by atoms with van der Waals surface area (Å²) in [6.45, 7) is 0.756. The Labute approximate surface area is 62.0 Å². The van der Waals surface area contributed by atoms with Gasteiger partial charge in [-0.1, -0.05) is 6.42 Å². The number of methoxy groups -OCH3 is 1. The second-order valence-electron chi connectivity index (χ2n) is 2.38. The number of carbonyl (C=O) groups is 1. The van der Waals surface area contributed by atoms with Gasteiger partial charge >= 0.3 is 9.04 Å². The third-order valence-electron chi connectivity index (χ3n) is 1.64. The predicted octanol–water partition coefficient (Wildman–Crippen LogP) is 0.869. The summed E-state index contributed by atoms with van der Waals surface area (Å²) in [6.07, 6.45) is 2.23. The van der Waals surface area contributed by atoms with E-state index in [1.54, 1.807) is 0 Å². The van der Waals surface area contributed by atoms with E-state index in [-0.39, 0.29) is 5.59 Å². The van der Waals surface area contributed by atoms with Crippen molar-refractivity contribution in [3.05, 3.63) is 0 Å². The first-order chi connectivity index (χ1) is 4.84. The maximum absolute atomic E-state index is 10.9. The Hall–Kier alpha value is -0.353. The monoisotopic (exact) mass is 160 g/mol. The quantitative estimate of drug-likeness (QED) is 0.534. The van der Waals surface area contributed by atoms with E-state index in [4.69, 9.17) is 4.43 Å². The van der Waals surface area contributed by atoms with Gasteiger partial charge in [-0.2, -0.15) is 0 Å². The lowest BCUT2D eigenvalue weighted by molar-refractivity contribution is 0.184. The molecule has 0 saturated carbocycles. The number of hydrogen-bond donors (Lipinski definition) is 0. The van der Waals surface area contributed by atoms with Gasteiger partial charge in [0.05, 0.1) is 7.11 Å². The van der Waals surface area contributed by atoms with Gasteiger partial charge in [-0.25, -0.2) is 0 Å². The van der Waals surface area contributed by atoms with Crippen LogP contribution in [-0.2, 0) is 9.16 Å². The van der Waals surface area contributed by atoms with E-state index in [9.17, 15) is 4.79 Å². The first-order valence-electron chi connectivity index (χ1n) is 3.54. The lowest BCUT2D eigenvalue weighted by Gasteiger charge is -2.17. The molecule has 1 heterocycles. The molecule has 1 saturated heterocycles. The fourth-order valence-electron chi connectivity index (χ4n) is 1.06. The average Bonchev–Trinajstić information content (AvgIpc) is 2.05. The topological polar surface area (TPSA) is 35.5 Å². The van der Waals surface area contributed by atoms with Crippen molar-refractivity contribution in [1.29, 1.82) is 0 Å². The van der Waals surface area contributed by atoms with Crippen LogP contribution in [0.5, 0.6) is 0 Å². The first-order valence-corrected chi connectivity index (χ1v) is 5.40. The molecule has 1 fully saturated rings. The average molecular weight is 160 g/mol. The molecule has 0 bridgehead atoms. The van der Waals surface area contributed by atoms with E-state index < -0.39 is 9.04 Å². The van der Waals surface area contributed by atoms with Crippen molar-refractivity contribution in [1.82, 2.24) is 0 Å². The van der Waals surface area contributed by atoms with E-state index in [1.165, 1.54) is 7.11 Å². The van der Waals surface area contributed by atoms with E-state index in [2.05, 4.69) is 4.74 Å². The second kappa shape index (κ2) is 3.73. The van der Waals surface area contributed by atoms with Crippen LogP contribution in [0.4, 0.5) is 4.79 Å². The van der Waals surface area contributed by atoms with Crippen LogP contribution < -0.4 is 0 Å². The Kier molecular flexibility index (Phi) is 2.89. The summed E-state index contributed by atoms with van der Waals surface area (Å²) in [6, 6.07) is 0.951. The molecule has 3 nitrogen and oxygen atoms in total. The van der Waals surface area contributed by atoms with Crippen molar-refractivity contribution in [2.75, 3.05) is 13.7 Å². The summed E-state index contributed by atoms with van der Waals surface area (Å²) in [5.74, 6) is 0. The van der Waals surface area contributed by atoms with Crippen LogP contribution in [0.25, 0.3) is 0 Å². The highest BCUT2D eigenvalue weighted by Crippen LogP contribution is 2.11. The van der Waals surface area contributed by atoms with Crippen molar-refractivity contribution in [2.24, 2.45) is 0 Å². The highest BCUT2D eigenvalue weighted by molar-refractivity contribution is 6.83. The number of carbonyl (C=O) groups excluding carboxylic acids is 1. The molecule has 0 spiro atoms. The Balaban J connectivity index is 2.31. The lowest BCUT2D eigenvalue weighted by Crippen LogP contribution is -2.32. The van der Waals surface area contributed by atoms with Gasteiger partial charge in [-0.15, -0.1) is 0 Å². The van der Waals surface area contributed by atoms with Crippen LogP contribution in [0.2, 0.25) is 6.04 Å². The van der Waals surface area contributed by atoms with E-state index in [0.29, 0.717) is 0 Å². The van der Waals surface area contributed by atoms with Crippen molar-refractivity contribution < 1.29 is 14.0 Å². The second-order valence-corrected chi connectivity index (χ2v) is 4.74. The minimum Gasteiger partial charge on any atom is -0.472 e. The standard InChI is InChI=1S/C6H12O3Si/c1-8-6(7)10-5-3-2-4-9-10/h10H,2-5H2,1H3. The van der Waals surface area contributed by atoms with Gasteiger partial charge in [-0.05, 0) is 12.5 Å². The van der Waals surface area contributed by atoms with Crippen molar-refractivity contribution in [3.8, 4) is 0 Å².